The second-order valence-corrected chi connectivity index (χ2v) is 5.02. The van der Waals surface area contributed by atoms with Gasteiger partial charge >= 0.3 is 5.97 Å². The van der Waals surface area contributed by atoms with E-state index in [1.165, 1.54) is 0 Å². The normalized spacial score (nSPS) is 10.1. The van der Waals surface area contributed by atoms with Gasteiger partial charge in [0.25, 0.3) is 0 Å². The molecule has 0 aromatic heterocycles. The molecule has 0 N–H and O–H groups in total. The lowest BCUT2D eigenvalue weighted by Crippen LogP contribution is -2.08. The smallest absolute Gasteiger partial charge is 0.343 e. The van der Waals surface area contributed by atoms with Crippen molar-refractivity contribution in [3.8, 4) is 16.9 Å². The van der Waals surface area contributed by atoms with Crippen molar-refractivity contribution >= 4 is 12.3 Å². The zero-order valence-corrected chi connectivity index (χ0v) is 12.3. The molecule has 23 heavy (non-hydrogen) atoms. The Balaban J connectivity index is 1.73. The summed E-state index contributed by atoms with van der Waals surface area (Å²) in [7, 11) is 0. The van der Waals surface area contributed by atoms with Gasteiger partial charge < -0.3 is 4.74 Å². The molecule has 0 unspecified atom stereocenters. The number of hydrogen-bond donors (Lipinski definition) is 0. The molecule has 3 rings (SSSR count). The molecule has 0 fully saturated rings. The lowest BCUT2D eigenvalue weighted by molar-refractivity contribution is 0.0734. The number of hydrogen-bond acceptors (Lipinski definition) is 3. The molecular weight excluding hydrogens is 288 g/mol. The highest BCUT2D eigenvalue weighted by Gasteiger charge is 2.09. The summed E-state index contributed by atoms with van der Waals surface area (Å²) < 4.78 is 5.29. The van der Waals surface area contributed by atoms with Gasteiger partial charge in [-0.25, -0.2) is 4.79 Å². The van der Waals surface area contributed by atoms with Gasteiger partial charge in [0, 0.05) is 5.56 Å². The van der Waals surface area contributed by atoms with E-state index in [1.54, 1.807) is 36.4 Å². The lowest BCUT2D eigenvalue weighted by Gasteiger charge is -2.06. The van der Waals surface area contributed by atoms with Crippen molar-refractivity contribution in [2.75, 3.05) is 0 Å². The topological polar surface area (TPSA) is 43.4 Å². The number of esters is 1. The van der Waals surface area contributed by atoms with Gasteiger partial charge in [0.05, 0.1) is 5.56 Å². The highest BCUT2D eigenvalue weighted by atomic mass is 16.5. The molecule has 0 amide bonds. The average Bonchev–Trinajstić information content (AvgIpc) is 2.63. The summed E-state index contributed by atoms with van der Waals surface area (Å²) in [6.07, 6.45) is 0.744. The second kappa shape index (κ2) is 6.71. The van der Waals surface area contributed by atoms with Crippen LogP contribution in [0.1, 0.15) is 20.7 Å². The van der Waals surface area contributed by atoms with Crippen molar-refractivity contribution in [3.05, 3.63) is 90.0 Å². The minimum absolute atomic E-state index is 0.410. The van der Waals surface area contributed by atoms with E-state index in [2.05, 4.69) is 0 Å². The van der Waals surface area contributed by atoms with E-state index in [4.69, 9.17) is 4.74 Å². The third kappa shape index (κ3) is 3.52. The fraction of sp³-hybridized carbons (Fsp3) is 0. The summed E-state index contributed by atoms with van der Waals surface area (Å²) in [6, 6.07) is 23.6. The minimum atomic E-state index is -0.427. The zero-order valence-electron chi connectivity index (χ0n) is 12.3. The van der Waals surface area contributed by atoms with Gasteiger partial charge in [-0.15, -0.1) is 0 Å². The minimum Gasteiger partial charge on any atom is -0.423 e. The highest BCUT2D eigenvalue weighted by molar-refractivity contribution is 5.91. The van der Waals surface area contributed by atoms with Gasteiger partial charge in [-0.05, 0) is 47.5 Å². The Hall–Kier alpha value is -3.20. The van der Waals surface area contributed by atoms with Crippen LogP contribution >= 0.6 is 0 Å². The van der Waals surface area contributed by atoms with Crippen molar-refractivity contribution < 1.29 is 14.3 Å². The summed E-state index contributed by atoms with van der Waals surface area (Å²) in [6.45, 7) is 0. The molecule has 0 bridgehead atoms. The van der Waals surface area contributed by atoms with Crippen LogP contribution < -0.4 is 4.74 Å². The Labute approximate surface area is 134 Å². The predicted molar refractivity (Wildman–Crippen MR) is 88.7 cm³/mol. The van der Waals surface area contributed by atoms with E-state index in [9.17, 15) is 9.59 Å². The van der Waals surface area contributed by atoms with Gasteiger partial charge in [-0.3, -0.25) is 4.79 Å². The lowest BCUT2D eigenvalue weighted by atomic mass is 10.0. The number of aldehydes is 1. The first-order valence-corrected chi connectivity index (χ1v) is 7.19. The number of ether oxygens (including phenoxy) is 1. The molecule has 112 valence electrons. The Kier molecular flexibility index (Phi) is 4.29. The van der Waals surface area contributed by atoms with Crippen LogP contribution in [0.15, 0.2) is 78.9 Å². The van der Waals surface area contributed by atoms with E-state index in [-0.39, 0.29) is 0 Å². The molecule has 3 aromatic rings. The van der Waals surface area contributed by atoms with Crippen LogP contribution in [0.5, 0.6) is 5.75 Å². The van der Waals surface area contributed by atoms with Gasteiger partial charge in [0.2, 0.25) is 0 Å². The zero-order chi connectivity index (χ0) is 16.1. The molecule has 0 aliphatic rings. The van der Waals surface area contributed by atoms with Gasteiger partial charge in [-0.2, -0.15) is 0 Å². The van der Waals surface area contributed by atoms with Crippen LogP contribution in [-0.2, 0) is 0 Å². The third-order valence-electron chi connectivity index (χ3n) is 3.45. The molecule has 3 heteroatoms. The van der Waals surface area contributed by atoms with Crippen LogP contribution in [-0.4, -0.2) is 12.3 Å². The number of benzene rings is 3. The first-order valence-electron chi connectivity index (χ1n) is 7.19. The van der Waals surface area contributed by atoms with E-state index in [0.717, 1.165) is 17.4 Å². The summed E-state index contributed by atoms with van der Waals surface area (Å²) >= 11 is 0. The summed E-state index contributed by atoms with van der Waals surface area (Å²) in [4.78, 5) is 22.7. The first kappa shape index (κ1) is 14.7. The second-order valence-electron chi connectivity index (χ2n) is 5.02. The fourth-order valence-electron chi connectivity index (χ4n) is 2.21. The quantitative estimate of drug-likeness (QED) is 0.408. The Morgan fingerprint density at radius 2 is 1.35 bits per heavy atom. The maximum atomic E-state index is 12.1. The molecular formula is C20H14O3. The predicted octanol–water partition coefficient (Wildman–Crippen LogP) is 4.39. The summed E-state index contributed by atoms with van der Waals surface area (Å²) in [5.74, 6) is -0.0174. The SMILES string of the molecule is O=Cc1ccc(OC(=O)c2ccc(-c3ccccc3)cc2)cc1. The molecule has 0 aliphatic heterocycles. The van der Waals surface area contributed by atoms with Crippen molar-refractivity contribution in [2.24, 2.45) is 0 Å². The van der Waals surface area contributed by atoms with E-state index >= 15 is 0 Å². The molecule has 0 heterocycles. The molecule has 3 aromatic carbocycles. The first-order chi connectivity index (χ1) is 11.3. The highest BCUT2D eigenvalue weighted by Crippen LogP contribution is 2.20. The third-order valence-corrected chi connectivity index (χ3v) is 3.45. The molecule has 3 nitrogen and oxygen atoms in total. The largest absolute Gasteiger partial charge is 0.423 e. The number of carbonyl (C=O) groups is 2. The van der Waals surface area contributed by atoms with Crippen LogP contribution in [0, 0.1) is 0 Å². The van der Waals surface area contributed by atoms with Crippen molar-refractivity contribution in [1.29, 1.82) is 0 Å². The average molecular weight is 302 g/mol. The Morgan fingerprint density at radius 3 is 1.96 bits per heavy atom. The summed E-state index contributed by atoms with van der Waals surface area (Å²) in [5.41, 5.74) is 3.15. The van der Waals surface area contributed by atoms with Crippen LogP contribution in [0.4, 0.5) is 0 Å². The van der Waals surface area contributed by atoms with Crippen molar-refractivity contribution in [1.82, 2.24) is 0 Å². The number of carbonyl (C=O) groups excluding carboxylic acids is 2. The van der Waals surface area contributed by atoms with Gasteiger partial charge in [-0.1, -0.05) is 42.5 Å². The Bertz CT molecular complexity index is 804. The maximum Gasteiger partial charge on any atom is 0.343 e. The van der Waals surface area contributed by atoms with Crippen LogP contribution in [0.25, 0.3) is 11.1 Å². The maximum absolute atomic E-state index is 12.1. The monoisotopic (exact) mass is 302 g/mol. The molecule has 0 saturated heterocycles. The van der Waals surface area contributed by atoms with Crippen molar-refractivity contribution in [2.45, 2.75) is 0 Å². The summed E-state index contributed by atoms with van der Waals surface area (Å²) in [5, 5.41) is 0. The molecule has 0 saturated carbocycles. The Morgan fingerprint density at radius 1 is 0.739 bits per heavy atom. The standard InChI is InChI=1S/C20H14O3/c21-14-15-6-12-19(13-7-15)23-20(22)18-10-8-17(9-11-18)16-4-2-1-3-5-16/h1-14H. The molecule has 0 radical (unpaired) electrons. The van der Waals surface area contributed by atoms with Gasteiger partial charge in [0.15, 0.2) is 0 Å². The van der Waals surface area contributed by atoms with E-state index < -0.39 is 5.97 Å². The van der Waals surface area contributed by atoms with E-state index in [0.29, 0.717) is 16.9 Å². The fourth-order valence-corrected chi connectivity index (χ4v) is 2.21. The number of rotatable bonds is 4. The van der Waals surface area contributed by atoms with Gasteiger partial charge in [0.1, 0.15) is 12.0 Å². The van der Waals surface area contributed by atoms with Crippen LogP contribution in [0.2, 0.25) is 0 Å². The molecule has 0 aliphatic carbocycles. The van der Waals surface area contributed by atoms with Crippen LogP contribution in [0.3, 0.4) is 0 Å². The molecule has 0 atom stereocenters. The van der Waals surface area contributed by atoms with Crippen molar-refractivity contribution in [3.63, 3.8) is 0 Å². The van der Waals surface area contributed by atoms with E-state index in [1.807, 2.05) is 42.5 Å². The molecule has 0 spiro atoms.